The number of thiazole rings is 1. The van der Waals surface area contributed by atoms with Gasteiger partial charge in [0.05, 0.1) is 10.2 Å². The van der Waals surface area contributed by atoms with Gasteiger partial charge in [-0.3, -0.25) is 0 Å². The molecular formula is C13H7F3N2S. The molecule has 0 aliphatic carbocycles. The molecule has 96 valence electrons. The molecule has 1 heterocycles. The molecular weight excluding hydrogens is 273 g/mol. The highest BCUT2D eigenvalue weighted by atomic mass is 32.1. The van der Waals surface area contributed by atoms with Crippen molar-refractivity contribution in [1.29, 1.82) is 0 Å². The van der Waals surface area contributed by atoms with Crippen LogP contribution in [0.4, 0.5) is 24.0 Å². The molecule has 0 bridgehead atoms. The summed E-state index contributed by atoms with van der Waals surface area (Å²) in [6.45, 7) is 0. The van der Waals surface area contributed by atoms with E-state index in [0.717, 1.165) is 16.8 Å². The van der Waals surface area contributed by atoms with Crippen LogP contribution in [0.1, 0.15) is 0 Å². The molecule has 19 heavy (non-hydrogen) atoms. The van der Waals surface area contributed by atoms with Crippen LogP contribution in [0.15, 0.2) is 36.4 Å². The van der Waals surface area contributed by atoms with Crippen molar-refractivity contribution < 1.29 is 13.2 Å². The second kappa shape index (κ2) is 4.55. The van der Waals surface area contributed by atoms with Crippen molar-refractivity contribution in [3.05, 3.63) is 53.8 Å². The minimum absolute atomic E-state index is 0.364. The summed E-state index contributed by atoms with van der Waals surface area (Å²) in [6.07, 6.45) is 0. The van der Waals surface area contributed by atoms with Gasteiger partial charge in [0.2, 0.25) is 0 Å². The molecule has 2 nitrogen and oxygen atoms in total. The van der Waals surface area contributed by atoms with E-state index in [2.05, 4.69) is 10.3 Å². The van der Waals surface area contributed by atoms with Crippen molar-refractivity contribution in [2.45, 2.75) is 0 Å². The number of nitrogens with one attached hydrogen (secondary N) is 1. The normalized spacial score (nSPS) is 10.9. The fraction of sp³-hybridized carbons (Fsp3) is 0. The van der Waals surface area contributed by atoms with Gasteiger partial charge >= 0.3 is 0 Å². The minimum Gasteiger partial charge on any atom is -0.331 e. The van der Waals surface area contributed by atoms with Crippen LogP contribution in [0.5, 0.6) is 0 Å². The van der Waals surface area contributed by atoms with E-state index in [1.807, 2.05) is 0 Å². The van der Waals surface area contributed by atoms with Crippen LogP contribution in [-0.2, 0) is 0 Å². The van der Waals surface area contributed by atoms with Gasteiger partial charge in [0.25, 0.3) is 0 Å². The monoisotopic (exact) mass is 280 g/mol. The summed E-state index contributed by atoms with van der Waals surface area (Å²) in [6, 6.07) is 7.78. The van der Waals surface area contributed by atoms with Gasteiger partial charge in [0.1, 0.15) is 5.82 Å². The maximum Gasteiger partial charge on any atom is 0.188 e. The van der Waals surface area contributed by atoms with Crippen molar-refractivity contribution in [1.82, 2.24) is 4.98 Å². The summed E-state index contributed by atoms with van der Waals surface area (Å²) in [5.74, 6) is -2.20. The molecule has 0 atom stereocenters. The minimum atomic E-state index is -0.933. The smallest absolute Gasteiger partial charge is 0.188 e. The maximum atomic E-state index is 13.1. The molecule has 0 fully saturated rings. The Morgan fingerprint density at radius 3 is 2.58 bits per heavy atom. The number of benzene rings is 2. The van der Waals surface area contributed by atoms with E-state index in [9.17, 15) is 13.2 Å². The van der Waals surface area contributed by atoms with Gasteiger partial charge in [0.15, 0.2) is 16.8 Å². The fourth-order valence-electron chi connectivity index (χ4n) is 1.65. The number of anilines is 2. The van der Waals surface area contributed by atoms with Crippen LogP contribution in [0.2, 0.25) is 0 Å². The first kappa shape index (κ1) is 12.0. The number of fused-ring (bicyclic) bond motifs is 1. The number of halogens is 3. The molecule has 3 aromatic rings. The molecule has 0 radical (unpaired) electrons. The Hall–Kier alpha value is -2.08. The highest BCUT2D eigenvalue weighted by molar-refractivity contribution is 7.22. The van der Waals surface area contributed by atoms with Gasteiger partial charge in [-0.1, -0.05) is 11.3 Å². The number of nitrogens with zero attached hydrogens (tertiary/aromatic N) is 1. The molecule has 3 rings (SSSR count). The summed E-state index contributed by atoms with van der Waals surface area (Å²) < 4.78 is 39.7. The summed E-state index contributed by atoms with van der Waals surface area (Å²) >= 11 is 1.31. The highest BCUT2D eigenvalue weighted by Crippen LogP contribution is 2.29. The van der Waals surface area contributed by atoms with Crippen molar-refractivity contribution in [2.75, 3.05) is 5.32 Å². The standard InChI is InChI=1S/C13H7F3N2S/c14-7-1-4-12-11(5-7)18-13(19-12)17-8-2-3-9(15)10(16)6-8/h1-6H,(H,17,18). The molecule has 0 spiro atoms. The van der Waals surface area contributed by atoms with E-state index < -0.39 is 11.6 Å². The molecule has 0 unspecified atom stereocenters. The molecule has 0 saturated heterocycles. The third kappa shape index (κ3) is 2.39. The molecule has 2 aromatic carbocycles. The summed E-state index contributed by atoms with van der Waals surface area (Å²) in [7, 11) is 0. The van der Waals surface area contributed by atoms with Gasteiger partial charge in [-0.2, -0.15) is 0 Å². The quantitative estimate of drug-likeness (QED) is 0.749. The summed E-state index contributed by atoms with van der Waals surface area (Å²) in [4.78, 5) is 4.17. The van der Waals surface area contributed by atoms with Crippen LogP contribution in [-0.4, -0.2) is 4.98 Å². The topological polar surface area (TPSA) is 24.9 Å². The van der Waals surface area contributed by atoms with Crippen molar-refractivity contribution >= 4 is 32.4 Å². The van der Waals surface area contributed by atoms with Crippen LogP contribution in [0, 0.1) is 17.5 Å². The molecule has 6 heteroatoms. The number of rotatable bonds is 2. The van der Waals surface area contributed by atoms with E-state index in [4.69, 9.17) is 0 Å². The van der Waals surface area contributed by atoms with E-state index in [1.165, 1.54) is 29.5 Å². The Kier molecular flexibility index (Phi) is 2.87. The molecule has 0 aliphatic heterocycles. The van der Waals surface area contributed by atoms with Crippen molar-refractivity contribution in [3.63, 3.8) is 0 Å². The first-order valence-electron chi connectivity index (χ1n) is 5.40. The molecule has 0 saturated carbocycles. The Bertz CT molecular complexity index is 755. The first-order valence-corrected chi connectivity index (χ1v) is 6.21. The number of aromatic nitrogens is 1. The van der Waals surface area contributed by atoms with Crippen LogP contribution in [0.3, 0.4) is 0 Å². The number of hydrogen-bond donors (Lipinski definition) is 1. The lowest BCUT2D eigenvalue weighted by molar-refractivity contribution is 0.509. The maximum absolute atomic E-state index is 13.1. The predicted octanol–water partition coefficient (Wildman–Crippen LogP) is 4.46. The third-order valence-corrected chi connectivity index (χ3v) is 3.47. The van der Waals surface area contributed by atoms with Crippen LogP contribution in [0.25, 0.3) is 10.2 Å². The zero-order valence-electron chi connectivity index (χ0n) is 9.45. The second-order valence-electron chi connectivity index (χ2n) is 3.88. The molecule has 0 amide bonds. The summed E-state index contributed by atoms with van der Waals surface area (Å²) in [5, 5.41) is 3.35. The van der Waals surface area contributed by atoms with Gasteiger partial charge < -0.3 is 5.32 Å². The van der Waals surface area contributed by atoms with E-state index in [0.29, 0.717) is 16.3 Å². The zero-order valence-corrected chi connectivity index (χ0v) is 10.3. The SMILES string of the molecule is Fc1ccc2sc(Nc3ccc(F)c(F)c3)nc2c1. The Morgan fingerprint density at radius 1 is 0.947 bits per heavy atom. The van der Waals surface area contributed by atoms with Crippen molar-refractivity contribution in [2.24, 2.45) is 0 Å². The van der Waals surface area contributed by atoms with Crippen LogP contribution < -0.4 is 5.32 Å². The lowest BCUT2D eigenvalue weighted by Gasteiger charge is -2.02. The highest BCUT2D eigenvalue weighted by Gasteiger charge is 2.07. The zero-order chi connectivity index (χ0) is 13.4. The third-order valence-electron chi connectivity index (χ3n) is 2.52. The first-order chi connectivity index (χ1) is 9.11. The molecule has 1 aromatic heterocycles. The number of hydrogen-bond acceptors (Lipinski definition) is 3. The van der Waals surface area contributed by atoms with Gasteiger partial charge in [-0.25, -0.2) is 18.2 Å². The van der Waals surface area contributed by atoms with Gasteiger partial charge in [-0.15, -0.1) is 0 Å². The lowest BCUT2D eigenvalue weighted by Crippen LogP contribution is -1.91. The Morgan fingerprint density at radius 2 is 1.79 bits per heavy atom. The summed E-state index contributed by atoms with van der Waals surface area (Å²) in [5.41, 5.74) is 0.911. The average Bonchev–Trinajstić information content (AvgIpc) is 2.75. The fourth-order valence-corrected chi connectivity index (χ4v) is 2.52. The van der Waals surface area contributed by atoms with Gasteiger partial charge in [-0.05, 0) is 24.3 Å². The Balaban J connectivity index is 1.94. The Labute approximate surface area is 110 Å². The van der Waals surface area contributed by atoms with Crippen molar-refractivity contribution in [3.8, 4) is 0 Å². The predicted molar refractivity (Wildman–Crippen MR) is 69.2 cm³/mol. The lowest BCUT2D eigenvalue weighted by atomic mass is 10.3. The van der Waals surface area contributed by atoms with E-state index in [1.54, 1.807) is 6.07 Å². The average molecular weight is 280 g/mol. The molecule has 1 N–H and O–H groups in total. The van der Waals surface area contributed by atoms with E-state index in [-0.39, 0.29) is 5.82 Å². The van der Waals surface area contributed by atoms with E-state index >= 15 is 0 Å². The van der Waals surface area contributed by atoms with Gasteiger partial charge in [0, 0.05) is 17.8 Å². The second-order valence-corrected chi connectivity index (χ2v) is 4.92. The van der Waals surface area contributed by atoms with Crippen LogP contribution >= 0.6 is 11.3 Å². The molecule has 0 aliphatic rings. The largest absolute Gasteiger partial charge is 0.331 e.